The van der Waals surface area contributed by atoms with Crippen LogP contribution in [-0.2, 0) is 30.9 Å². The summed E-state index contributed by atoms with van der Waals surface area (Å²) in [6.45, 7) is 2.45. The first-order valence-corrected chi connectivity index (χ1v) is 13.9. The Kier molecular flexibility index (Phi) is 7.51. The van der Waals surface area contributed by atoms with Gasteiger partial charge in [-0.05, 0) is 49.4 Å². The maximum absolute atomic E-state index is 13.0. The van der Waals surface area contributed by atoms with Crippen LogP contribution in [0.2, 0.25) is 0 Å². The number of hydrogen-bond donors (Lipinski definition) is 0. The van der Waals surface area contributed by atoms with Crippen molar-refractivity contribution in [1.82, 2.24) is 8.87 Å². The summed E-state index contributed by atoms with van der Waals surface area (Å²) in [7, 11) is -1.96. The van der Waals surface area contributed by atoms with Gasteiger partial charge in [0.1, 0.15) is 16.5 Å². The number of piperidine rings is 1. The summed E-state index contributed by atoms with van der Waals surface area (Å²) in [6, 6.07) is 8.73. The molecule has 3 heterocycles. The smallest absolute Gasteiger partial charge is 0.326 e. The number of fused-ring (bicyclic) bond motifs is 1. The summed E-state index contributed by atoms with van der Waals surface area (Å²) in [5.41, 5.74) is 0.752. The molecule has 0 N–H and O–H groups in total. The van der Waals surface area contributed by atoms with E-state index in [4.69, 9.17) is 9.47 Å². The van der Waals surface area contributed by atoms with E-state index in [-0.39, 0.29) is 38.1 Å². The summed E-state index contributed by atoms with van der Waals surface area (Å²) in [6.07, 6.45) is 0.785. The Bertz CT molecular complexity index is 1350. The van der Waals surface area contributed by atoms with E-state index in [1.54, 1.807) is 42.2 Å². The number of methoxy groups -OCH3 is 1. The molecule has 1 amide bonds. The maximum atomic E-state index is 13.0. The fourth-order valence-corrected chi connectivity index (χ4v) is 7.50. The lowest BCUT2D eigenvalue weighted by molar-refractivity contribution is -0.143. The zero-order valence-electron chi connectivity index (χ0n) is 18.8. The van der Waals surface area contributed by atoms with Crippen molar-refractivity contribution in [2.75, 3.05) is 26.8 Å². The molecule has 0 unspecified atom stereocenters. The molecule has 0 bridgehead atoms. The Hall–Kier alpha value is -2.54. The number of amides is 1. The molecule has 1 aromatic carbocycles. The molecule has 34 heavy (non-hydrogen) atoms. The van der Waals surface area contributed by atoms with Gasteiger partial charge in [-0.3, -0.25) is 9.59 Å². The van der Waals surface area contributed by atoms with E-state index in [1.165, 1.54) is 27.0 Å². The van der Waals surface area contributed by atoms with Crippen molar-refractivity contribution in [1.29, 1.82) is 0 Å². The van der Waals surface area contributed by atoms with Gasteiger partial charge in [-0.1, -0.05) is 17.4 Å². The van der Waals surface area contributed by atoms with Gasteiger partial charge < -0.3 is 14.0 Å². The molecular formula is C22H25N3O6S3. The first-order chi connectivity index (χ1) is 16.3. The predicted octanol–water partition coefficient (Wildman–Crippen LogP) is 2.86. The number of esters is 1. The zero-order valence-corrected chi connectivity index (χ0v) is 21.2. The van der Waals surface area contributed by atoms with Crippen LogP contribution in [0.4, 0.5) is 0 Å². The average Bonchev–Trinajstić information content (AvgIpc) is 3.48. The molecular weight excluding hydrogens is 498 g/mol. The number of rotatable bonds is 7. The highest BCUT2D eigenvalue weighted by Gasteiger charge is 2.32. The number of nitrogens with zero attached hydrogens (tertiary/aromatic N) is 3. The van der Waals surface area contributed by atoms with Gasteiger partial charge in [0.2, 0.25) is 0 Å². The molecule has 1 aliphatic rings. The van der Waals surface area contributed by atoms with Crippen LogP contribution in [0, 0.1) is 5.92 Å². The summed E-state index contributed by atoms with van der Waals surface area (Å²) in [5, 5.41) is 1.73. The lowest BCUT2D eigenvalue weighted by Crippen LogP contribution is -2.40. The molecule has 9 nitrogen and oxygen atoms in total. The van der Waals surface area contributed by atoms with Crippen LogP contribution in [0.1, 0.15) is 19.8 Å². The quantitative estimate of drug-likeness (QED) is 0.441. The topological polar surface area (TPSA) is 107 Å². The van der Waals surface area contributed by atoms with Crippen LogP contribution in [0.3, 0.4) is 0 Å². The lowest BCUT2D eigenvalue weighted by Gasteiger charge is -2.29. The third-order valence-corrected chi connectivity index (χ3v) is 9.89. The molecule has 1 fully saturated rings. The lowest BCUT2D eigenvalue weighted by atomic mass is 9.98. The van der Waals surface area contributed by atoms with Crippen LogP contribution in [0.15, 0.2) is 44.9 Å². The molecule has 182 valence electrons. The number of carbonyl (C=O) groups is 2. The highest BCUT2D eigenvalue weighted by Crippen LogP contribution is 2.27. The number of thiophene rings is 1. The van der Waals surface area contributed by atoms with Gasteiger partial charge in [0.05, 0.1) is 23.9 Å². The molecule has 0 atom stereocenters. The van der Waals surface area contributed by atoms with E-state index in [2.05, 4.69) is 4.99 Å². The second-order valence-corrected chi connectivity index (χ2v) is 11.8. The molecule has 0 saturated carbocycles. The van der Waals surface area contributed by atoms with Gasteiger partial charge in [-0.25, -0.2) is 8.42 Å². The van der Waals surface area contributed by atoms with E-state index in [0.29, 0.717) is 27.6 Å². The fourth-order valence-electron chi connectivity index (χ4n) is 3.82. The standard InChI is InChI=1S/C22H25N3O6S3/c1-3-31-19(26)14-25-17-7-6-16(30-2)13-18(17)33-22(25)23-21(27)15-8-10-24(11-9-15)34(28,29)20-5-4-12-32-20/h4-7,12-13,15H,3,8-11,14H2,1-2H3. The number of hydrogen-bond acceptors (Lipinski definition) is 8. The van der Waals surface area contributed by atoms with Gasteiger partial charge >= 0.3 is 5.97 Å². The highest BCUT2D eigenvalue weighted by molar-refractivity contribution is 7.91. The third kappa shape index (κ3) is 5.09. The number of thiazole rings is 1. The van der Waals surface area contributed by atoms with E-state index in [1.807, 2.05) is 12.1 Å². The Labute approximate surface area is 205 Å². The van der Waals surface area contributed by atoms with Gasteiger partial charge in [0, 0.05) is 19.0 Å². The molecule has 4 rings (SSSR count). The monoisotopic (exact) mass is 523 g/mol. The van der Waals surface area contributed by atoms with Crippen molar-refractivity contribution in [3.8, 4) is 5.75 Å². The molecule has 12 heteroatoms. The van der Waals surface area contributed by atoms with Gasteiger partial charge in [0.25, 0.3) is 15.9 Å². The summed E-state index contributed by atoms with van der Waals surface area (Å²) >= 11 is 2.48. The van der Waals surface area contributed by atoms with Gasteiger partial charge in [0.15, 0.2) is 4.80 Å². The largest absolute Gasteiger partial charge is 0.497 e. The van der Waals surface area contributed by atoms with Crippen molar-refractivity contribution in [3.05, 3.63) is 40.5 Å². The second-order valence-electron chi connectivity index (χ2n) is 7.67. The van der Waals surface area contributed by atoms with Crippen LogP contribution in [0.25, 0.3) is 10.2 Å². The highest BCUT2D eigenvalue weighted by atomic mass is 32.2. The van der Waals surface area contributed by atoms with Crippen molar-refractivity contribution >= 4 is 54.8 Å². The van der Waals surface area contributed by atoms with Crippen molar-refractivity contribution < 1.29 is 27.5 Å². The number of ether oxygens (including phenoxy) is 2. The molecule has 1 aliphatic heterocycles. The minimum Gasteiger partial charge on any atom is -0.497 e. The second kappa shape index (κ2) is 10.4. The Balaban J connectivity index is 1.57. The van der Waals surface area contributed by atoms with E-state index in [9.17, 15) is 18.0 Å². The van der Waals surface area contributed by atoms with Crippen molar-refractivity contribution in [2.24, 2.45) is 10.9 Å². The number of sulfonamides is 1. The fraction of sp³-hybridized carbons (Fsp3) is 0.409. The number of carbonyl (C=O) groups excluding carboxylic acids is 2. The normalized spacial score (nSPS) is 16.1. The van der Waals surface area contributed by atoms with E-state index < -0.39 is 16.0 Å². The Morgan fingerprint density at radius 2 is 1.97 bits per heavy atom. The molecule has 0 aliphatic carbocycles. The van der Waals surface area contributed by atoms with Gasteiger partial charge in [-0.15, -0.1) is 11.3 Å². The molecule has 0 spiro atoms. The minimum atomic E-state index is -3.53. The first kappa shape index (κ1) is 24.6. The minimum absolute atomic E-state index is 0.0657. The molecule has 3 aromatic rings. The van der Waals surface area contributed by atoms with E-state index in [0.717, 1.165) is 10.2 Å². The van der Waals surface area contributed by atoms with Crippen molar-refractivity contribution in [2.45, 2.75) is 30.5 Å². The molecule has 2 aromatic heterocycles. The maximum Gasteiger partial charge on any atom is 0.326 e. The first-order valence-electron chi connectivity index (χ1n) is 10.8. The summed E-state index contributed by atoms with van der Waals surface area (Å²) in [5.74, 6) is -0.455. The van der Waals surface area contributed by atoms with Crippen LogP contribution < -0.4 is 9.54 Å². The SMILES string of the molecule is CCOC(=O)Cn1c(=NC(=O)C2CCN(S(=O)(=O)c3cccs3)CC2)sc2cc(OC)ccc21. The summed E-state index contributed by atoms with van der Waals surface area (Å²) in [4.78, 5) is 30.0. The van der Waals surface area contributed by atoms with E-state index >= 15 is 0 Å². The average molecular weight is 524 g/mol. The number of aromatic nitrogens is 1. The Morgan fingerprint density at radius 3 is 2.62 bits per heavy atom. The Morgan fingerprint density at radius 1 is 1.21 bits per heavy atom. The van der Waals surface area contributed by atoms with Crippen LogP contribution in [0.5, 0.6) is 5.75 Å². The summed E-state index contributed by atoms with van der Waals surface area (Å²) < 4.78 is 40.1. The zero-order chi connectivity index (χ0) is 24.3. The van der Waals surface area contributed by atoms with Crippen LogP contribution in [-0.4, -0.2) is 56.0 Å². The predicted molar refractivity (Wildman–Crippen MR) is 129 cm³/mol. The van der Waals surface area contributed by atoms with Crippen molar-refractivity contribution in [3.63, 3.8) is 0 Å². The van der Waals surface area contributed by atoms with Crippen LogP contribution >= 0.6 is 22.7 Å². The number of benzene rings is 1. The van der Waals surface area contributed by atoms with Gasteiger partial charge in [-0.2, -0.15) is 9.30 Å². The molecule has 0 radical (unpaired) electrons. The third-order valence-electron chi connectivity index (χ3n) is 5.58. The molecule has 1 saturated heterocycles.